The first-order chi connectivity index (χ1) is 16.1. The van der Waals surface area contributed by atoms with E-state index in [9.17, 15) is 4.79 Å². The number of aromatic nitrogens is 3. The van der Waals surface area contributed by atoms with E-state index in [1.165, 1.54) is 16.4 Å². The molecule has 172 valence electrons. The fraction of sp³-hybridized carbons (Fsp3) is 0.364. The van der Waals surface area contributed by atoms with Crippen LogP contribution in [0.2, 0.25) is 0 Å². The molecule has 1 fully saturated rings. The molecule has 1 aromatic carbocycles. The lowest BCUT2D eigenvalue weighted by Gasteiger charge is -2.22. The highest BCUT2D eigenvalue weighted by Gasteiger charge is 2.35. The van der Waals surface area contributed by atoms with Gasteiger partial charge >= 0.3 is 0 Å². The highest BCUT2D eigenvalue weighted by atomic mass is 32.2. The van der Waals surface area contributed by atoms with Gasteiger partial charge in [0.05, 0.1) is 36.6 Å². The van der Waals surface area contributed by atoms with Gasteiger partial charge < -0.3 is 15.3 Å². The average Bonchev–Trinajstić information content (AvgIpc) is 3.22. The number of carbonyl (C=O) groups is 1. The summed E-state index contributed by atoms with van der Waals surface area (Å²) in [7, 11) is 3.20. The smallest absolute Gasteiger partial charge is 0.253 e. The zero-order valence-corrected chi connectivity index (χ0v) is 19.9. The standard InChI is InChI=1S/C22H24N6O3S2/c1-30-17-8-7-14(10-18(17)31-2)16-11-15(19-4-3-9-32-19)26-28(16)20(29)12-33-22-25-24-21(27(22)23)13-5-6-13/h3-4,7-10,13,16H,5-6,11-12,23H2,1-2H3. The van der Waals surface area contributed by atoms with E-state index in [2.05, 4.69) is 10.2 Å². The highest BCUT2D eigenvalue weighted by Crippen LogP contribution is 2.40. The number of thiophene rings is 1. The molecule has 0 saturated heterocycles. The van der Waals surface area contributed by atoms with Crippen LogP contribution in [0.1, 0.15) is 47.5 Å². The number of nitrogens with zero attached hydrogens (tertiary/aromatic N) is 5. The predicted octanol–water partition coefficient (Wildman–Crippen LogP) is 3.42. The van der Waals surface area contributed by atoms with Crippen LogP contribution in [0.4, 0.5) is 0 Å². The molecular weight excluding hydrogens is 460 g/mol. The lowest BCUT2D eigenvalue weighted by Crippen LogP contribution is -2.29. The zero-order valence-electron chi connectivity index (χ0n) is 18.3. The van der Waals surface area contributed by atoms with Gasteiger partial charge in [0.1, 0.15) is 0 Å². The van der Waals surface area contributed by atoms with Crippen molar-refractivity contribution in [3.8, 4) is 11.5 Å². The van der Waals surface area contributed by atoms with Crippen LogP contribution in [0, 0.1) is 0 Å². The van der Waals surface area contributed by atoms with E-state index in [1.807, 2.05) is 35.7 Å². The van der Waals surface area contributed by atoms with Gasteiger partial charge in [0.2, 0.25) is 5.16 Å². The Labute approximate surface area is 199 Å². The summed E-state index contributed by atoms with van der Waals surface area (Å²) in [5, 5.41) is 17.2. The number of ether oxygens (including phenoxy) is 2. The minimum absolute atomic E-state index is 0.123. The van der Waals surface area contributed by atoms with Crippen molar-refractivity contribution in [1.82, 2.24) is 19.9 Å². The van der Waals surface area contributed by atoms with Gasteiger partial charge in [0.15, 0.2) is 17.3 Å². The summed E-state index contributed by atoms with van der Waals surface area (Å²) in [5.74, 6) is 8.60. The number of rotatable bonds is 8. The number of nitrogen functional groups attached to an aromatic ring is 1. The number of benzene rings is 1. The summed E-state index contributed by atoms with van der Waals surface area (Å²) < 4.78 is 12.3. The van der Waals surface area contributed by atoms with Crippen molar-refractivity contribution < 1.29 is 14.3 Å². The molecule has 1 aliphatic carbocycles. The SMILES string of the molecule is COc1ccc(C2CC(c3cccs3)=NN2C(=O)CSc2nnc(C3CC3)n2N)cc1OC. The second kappa shape index (κ2) is 9.06. The Kier molecular flexibility index (Phi) is 5.98. The lowest BCUT2D eigenvalue weighted by molar-refractivity contribution is -0.130. The fourth-order valence-electron chi connectivity index (χ4n) is 3.85. The van der Waals surface area contributed by atoms with Crippen molar-refractivity contribution in [2.24, 2.45) is 5.10 Å². The minimum atomic E-state index is -0.243. The van der Waals surface area contributed by atoms with Gasteiger partial charge in [-0.15, -0.1) is 21.5 Å². The largest absolute Gasteiger partial charge is 0.493 e. The normalized spacial score (nSPS) is 17.8. The highest BCUT2D eigenvalue weighted by molar-refractivity contribution is 7.99. The van der Waals surface area contributed by atoms with Crippen molar-refractivity contribution in [3.63, 3.8) is 0 Å². The quantitative estimate of drug-likeness (QED) is 0.385. The molecule has 1 unspecified atom stereocenters. The van der Waals surface area contributed by atoms with Crippen LogP contribution in [0.25, 0.3) is 0 Å². The summed E-state index contributed by atoms with van der Waals surface area (Å²) in [5.41, 5.74) is 1.82. The molecule has 2 N–H and O–H groups in total. The van der Waals surface area contributed by atoms with Crippen LogP contribution in [-0.4, -0.2) is 51.5 Å². The van der Waals surface area contributed by atoms with Crippen LogP contribution in [-0.2, 0) is 4.79 Å². The third kappa shape index (κ3) is 4.30. The average molecular weight is 485 g/mol. The van der Waals surface area contributed by atoms with Crippen LogP contribution >= 0.6 is 23.1 Å². The maximum atomic E-state index is 13.3. The topological polar surface area (TPSA) is 108 Å². The monoisotopic (exact) mass is 484 g/mol. The van der Waals surface area contributed by atoms with E-state index >= 15 is 0 Å². The van der Waals surface area contributed by atoms with E-state index in [0.29, 0.717) is 29.0 Å². The van der Waals surface area contributed by atoms with Gasteiger partial charge in [0, 0.05) is 12.3 Å². The second-order valence-corrected chi connectivity index (χ2v) is 9.76. The Morgan fingerprint density at radius 1 is 1.21 bits per heavy atom. The Balaban J connectivity index is 1.38. The molecule has 0 spiro atoms. The molecule has 2 aromatic heterocycles. The molecule has 9 nitrogen and oxygen atoms in total. The molecule has 3 heterocycles. The van der Waals surface area contributed by atoms with Crippen LogP contribution in [0.5, 0.6) is 11.5 Å². The Hall–Kier alpha value is -3.05. The Morgan fingerprint density at radius 3 is 2.73 bits per heavy atom. The Bertz CT molecular complexity index is 1190. The molecule has 0 radical (unpaired) electrons. The fourth-order valence-corrected chi connectivity index (χ4v) is 5.29. The number of methoxy groups -OCH3 is 2. The van der Waals surface area contributed by atoms with Gasteiger partial charge in [-0.3, -0.25) is 4.79 Å². The van der Waals surface area contributed by atoms with Crippen molar-refractivity contribution in [2.75, 3.05) is 25.8 Å². The third-order valence-electron chi connectivity index (χ3n) is 5.72. The van der Waals surface area contributed by atoms with Crippen molar-refractivity contribution in [3.05, 3.63) is 52.0 Å². The molecule has 3 aromatic rings. The molecule has 1 amide bonds. The van der Waals surface area contributed by atoms with Gasteiger partial charge in [-0.25, -0.2) is 9.69 Å². The summed E-state index contributed by atoms with van der Waals surface area (Å²) in [6.45, 7) is 0. The van der Waals surface area contributed by atoms with E-state index in [4.69, 9.17) is 20.4 Å². The summed E-state index contributed by atoms with van der Waals surface area (Å²) in [4.78, 5) is 14.4. The minimum Gasteiger partial charge on any atom is -0.493 e. The zero-order chi connectivity index (χ0) is 22.9. The van der Waals surface area contributed by atoms with Crippen LogP contribution in [0.15, 0.2) is 46.0 Å². The van der Waals surface area contributed by atoms with Crippen molar-refractivity contribution >= 4 is 34.7 Å². The van der Waals surface area contributed by atoms with Gasteiger partial charge in [0.25, 0.3) is 5.91 Å². The van der Waals surface area contributed by atoms with Gasteiger partial charge in [-0.1, -0.05) is 23.9 Å². The van der Waals surface area contributed by atoms with E-state index in [0.717, 1.165) is 34.8 Å². The maximum Gasteiger partial charge on any atom is 0.253 e. The summed E-state index contributed by atoms with van der Waals surface area (Å²) >= 11 is 2.89. The number of thioether (sulfide) groups is 1. The molecule has 2 aliphatic rings. The molecule has 1 saturated carbocycles. The van der Waals surface area contributed by atoms with E-state index < -0.39 is 0 Å². The molecular formula is C22H24N6O3S2. The molecule has 11 heteroatoms. The predicted molar refractivity (Wildman–Crippen MR) is 127 cm³/mol. The second-order valence-electron chi connectivity index (χ2n) is 7.87. The first-order valence-electron chi connectivity index (χ1n) is 10.6. The molecule has 0 bridgehead atoms. The molecule has 1 aliphatic heterocycles. The number of amides is 1. The van der Waals surface area contributed by atoms with Crippen molar-refractivity contribution in [2.45, 2.75) is 36.4 Å². The first kappa shape index (κ1) is 21.8. The molecule has 5 rings (SSSR count). The van der Waals surface area contributed by atoms with Crippen LogP contribution < -0.4 is 15.3 Å². The van der Waals surface area contributed by atoms with Crippen molar-refractivity contribution in [1.29, 1.82) is 0 Å². The summed E-state index contributed by atoms with van der Waals surface area (Å²) in [6.07, 6.45) is 2.78. The number of hydrogen-bond acceptors (Lipinski definition) is 9. The lowest BCUT2D eigenvalue weighted by atomic mass is 10.0. The molecule has 33 heavy (non-hydrogen) atoms. The first-order valence-corrected chi connectivity index (χ1v) is 12.4. The third-order valence-corrected chi connectivity index (χ3v) is 7.57. The maximum absolute atomic E-state index is 13.3. The summed E-state index contributed by atoms with van der Waals surface area (Å²) in [6, 6.07) is 9.47. The number of nitrogens with two attached hydrogens (primary N) is 1. The number of hydrazone groups is 1. The molecule has 1 atom stereocenters. The van der Waals surface area contributed by atoms with Gasteiger partial charge in [-0.2, -0.15) is 5.10 Å². The van der Waals surface area contributed by atoms with E-state index in [-0.39, 0.29) is 17.7 Å². The Morgan fingerprint density at radius 2 is 2.03 bits per heavy atom. The number of carbonyl (C=O) groups excluding carboxylic acids is 1. The van der Waals surface area contributed by atoms with Gasteiger partial charge in [-0.05, 0) is 42.0 Å². The van der Waals surface area contributed by atoms with Crippen LogP contribution in [0.3, 0.4) is 0 Å². The van der Waals surface area contributed by atoms with E-state index in [1.54, 1.807) is 30.6 Å². The number of hydrogen-bond donors (Lipinski definition) is 1.